The number of halogens is 1. The van der Waals surface area contributed by atoms with Gasteiger partial charge in [0.2, 0.25) is 5.91 Å². The lowest BCUT2D eigenvalue weighted by Gasteiger charge is -2.09. The van der Waals surface area contributed by atoms with Crippen molar-refractivity contribution in [3.05, 3.63) is 88.8 Å². The van der Waals surface area contributed by atoms with Gasteiger partial charge in [-0.3, -0.25) is 4.79 Å². The lowest BCUT2D eigenvalue weighted by Crippen LogP contribution is -2.17. The number of aryl methyl sites for hydroxylation is 1. The molecule has 6 nitrogen and oxygen atoms in total. The number of carbonyl (C=O) groups is 1. The molecular weight excluding hydrogens is 418 g/mol. The van der Waals surface area contributed by atoms with Crippen LogP contribution in [0.25, 0.3) is 11.4 Å². The summed E-state index contributed by atoms with van der Waals surface area (Å²) in [5.41, 5.74) is 3.49. The van der Waals surface area contributed by atoms with Crippen LogP contribution in [0.1, 0.15) is 11.3 Å². The van der Waals surface area contributed by atoms with Gasteiger partial charge in [-0.05, 0) is 42.8 Å². The molecule has 0 saturated carbocycles. The van der Waals surface area contributed by atoms with Gasteiger partial charge in [-0.25, -0.2) is 9.36 Å². The Balaban J connectivity index is 1.50. The SMILES string of the molecule is Cc1cc(NC(=O)Cc2cnn(-c3ccccc3)c2)n(-c2cccc(Br)c2)n1. The van der Waals surface area contributed by atoms with Gasteiger partial charge in [0, 0.05) is 16.7 Å². The number of anilines is 1. The van der Waals surface area contributed by atoms with Gasteiger partial charge in [-0.2, -0.15) is 10.2 Å². The molecule has 4 aromatic rings. The molecule has 0 saturated heterocycles. The maximum atomic E-state index is 12.6. The Labute approximate surface area is 170 Å². The largest absolute Gasteiger partial charge is 0.310 e. The molecule has 1 N–H and O–H groups in total. The van der Waals surface area contributed by atoms with E-state index < -0.39 is 0 Å². The molecule has 28 heavy (non-hydrogen) atoms. The fourth-order valence-corrected chi connectivity index (χ4v) is 3.33. The van der Waals surface area contributed by atoms with Crippen LogP contribution < -0.4 is 5.32 Å². The van der Waals surface area contributed by atoms with E-state index in [9.17, 15) is 4.79 Å². The van der Waals surface area contributed by atoms with Crippen LogP contribution >= 0.6 is 15.9 Å². The monoisotopic (exact) mass is 435 g/mol. The number of hydrogen-bond acceptors (Lipinski definition) is 3. The Bertz CT molecular complexity index is 1120. The third-order valence-corrected chi connectivity index (χ3v) is 4.67. The summed E-state index contributed by atoms with van der Waals surface area (Å²) >= 11 is 3.47. The number of amides is 1. The topological polar surface area (TPSA) is 64.7 Å². The highest BCUT2D eigenvalue weighted by Gasteiger charge is 2.13. The van der Waals surface area contributed by atoms with Crippen molar-refractivity contribution in [1.82, 2.24) is 19.6 Å². The van der Waals surface area contributed by atoms with Gasteiger partial charge in [-0.15, -0.1) is 0 Å². The van der Waals surface area contributed by atoms with Crippen molar-refractivity contribution in [3.8, 4) is 11.4 Å². The summed E-state index contributed by atoms with van der Waals surface area (Å²) in [6.07, 6.45) is 3.81. The average Bonchev–Trinajstić information content (AvgIpc) is 3.29. The van der Waals surface area contributed by atoms with E-state index in [1.54, 1.807) is 15.6 Å². The summed E-state index contributed by atoms with van der Waals surface area (Å²) in [4.78, 5) is 12.6. The molecule has 0 atom stereocenters. The molecular formula is C21H18BrN5O. The number of carbonyl (C=O) groups excluding carboxylic acids is 1. The van der Waals surface area contributed by atoms with E-state index >= 15 is 0 Å². The van der Waals surface area contributed by atoms with E-state index in [-0.39, 0.29) is 12.3 Å². The van der Waals surface area contributed by atoms with Crippen molar-refractivity contribution >= 4 is 27.7 Å². The van der Waals surface area contributed by atoms with E-state index in [2.05, 4.69) is 31.4 Å². The molecule has 4 rings (SSSR count). The van der Waals surface area contributed by atoms with Gasteiger partial charge in [0.25, 0.3) is 0 Å². The molecule has 2 aromatic carbocycles. The van der Waals surface area contributed by atoms with Gasteiger partial charge in [-0.1, -0.05) is 40.2 Å². The Kier molecular flexibility index (Phi) is 5.08. The highest BCUT2D eigenvalue weighted by Crippen LogP contribution is 2.20. The first-order valence-corrected chi connectivity index (χ1v) is 9.59. The number of nitrogens with one attached hydrogen (secondary N) is 1. The van der Waals surface area contributed by atoms with E-state index in [0.717, 1.165) is 27.1 Å². The molecule has 0 aliphatic heterocycles. The molecule has 0 aliphatic rings. The second kappa shape index (κ2) is 7.82. The summed E-state index contributed by atoms with van der Waals surface area (Å²) in [5.74, 6) is 0.514. The molecule has 2 heterocycles. The second-order valence-corrected chi connectivity index (χ2v) is 7.33. The maximum absolute atomic E-state index is 12.6. The lowest BCUT2D eigenvalue weighted by atomic mass is 10.2. The summed E-state index contributed by atoms with van der Waals surface area (Å²) in [5, 5.41) is 11.8. The average molecular weight is 436 g/mol. The summed E-state index contributed by atoms with van der Waals surface area (Å²) in [6, 6.07) is 19.4. The predicted octanol–water partition coefficient (Wildman–Crippen LogP) is 4.31. The standard InChI is InChI=1S/C21H18BrN5O/c1-15-10-20(27(25-15)19-9-5-6-17(22)12-19)24-21(28)11-16-13-23-26(14-16)18-7-3-2-4-8-18/h2-10,12-14H,11H2,1H3,(H,24,28). The zero-order valence-electron chi connectivity index (χ0n) is 15.2. The quantitative estimate of drug-likeness (QED) is 0.507. The van der Waals surface area contributed by atoms with E-state index in [0.29, 0.717) is 5.82 Å². The minimum Gasteiger partial charge on any atom is -0.310 e. The number of aromatic nitrogens is 4. The summed E-state index contributed by atoms with van der Waals surface area (Å²) < 4.78 is 4.44. The second-order valence-electron chi connectivity index (χ2n) is 6.42. The molecule has 1 amide bonds. The van der Waals surface area contributed by atoms with Crippen molar-refractivity contribution < 1.29 is 4.79 Å². The predicted molar refractivity (Wildman–Crippen MR) is 112 cm³/mol. The zero-order chi connectivity index (χ0) is 19.5. The normalized spacial score (nSPS) is 10.8. The van der Waals surface area contributed by atoms with Crippen LogP contribution in [0.4, 0.5) is 5.82 Å². The lowest BCUT2D eigenvalue weighted by molar-refractivity contribution is -0.115. The van der Waals surface area contributed by atoms with Crippen LogP contribution in [0.15, 0.2) is 77.5 Å². The summed E-state index contributed by atoms with van der Waals surface area (Å²) in [6.45, 7) is 1.90. The number of hydrogen-bond donors (Lipinski definition) is 1. The fraction of sp³-hybridized carbons (Fsp3) is 0.0952. The zero-order valence-corrected chi connectivity index (χ0v) is 16.8. The highest BCUT2D eigenvalue weighted by atomic mass is 79.9. The smallest absolute Gasteiger partial charge is 0.230 e. The Hall–Kier alpha value is -3.19. The van der Waals surface area contributed by atoms with Crippen LogP contribution in [-0.4, -0.2) is 25.5 Å². The van der Waals surface area contributed by atoms with E-state index in [1.165, 1.54) is 0 Å². The minimum absolute atomic E-state index is 0.122. The third kappa shape index (κ3) is 4.04. The first kappa shape index (κ1) is 18.2. The Morgan fingerprint density at radius 3 is 2.64 bits per heavy atom. The number of benzene rings is 2. The van der Waals surface area contributed by atoms with Crippen molar-refractivity contribution in [2.45, 2.75) is 13.3 Å². The van der Waals surface area contributed by atoms with Crippen LogP contribution in [0.3, 0.4) is 0 Å². The van der Waals surface area contributed by atoms with E-state index in [1.807, 2.05) is 73.8 Å². The van der Waals surface area contributed by atoms with Crippen LogP contribution in [0, 0.1) is 6.92 Å². The van der Waals surface area contributed by atoms with Crippen LogP contribution in [0.5, 0.6) is 0 Å². The van der Waals surface area contributed by atoms with Gasteiger partial charge < -0.3 is 5.32 Å². The number of nitrogens with zero attached hydrogens (tertiary/aromatic N) is 4. The summed E-state index contributed by atoms with van der Waals surface area (Å²) in [7, 11) is 0. The first-order chi connectivity index (χ1) is 13.6. The maximum Gasteiger partial charge on any atom is 0.230 e. The number of rotatable bonds is 5. The van der Waals surface area contributed by atoms with Crippen LogP contribution in [0.2, 0.25) is 0 Å². The Morgan fingerprint density at radius 1 is 1.07 bits per heavy atom. The van der Waals surface area contributed by atoms with Crippen molar-refractivity contribution in [3.63, 3.8) is 0 Å². The molecule has 0 unspecified atom stereocenters. The van der Waals surface area contributed by atoms with Crippen LogP contribution in [-0.2, 0) is 11.2 Å². The van der Waals surface area contributed by atoms with Gasteiger partial charge in [0.15, 0.2) is 0 Å². The fourth-order valence-electron chi connectivity index (χ4n) is 2.94. The van der Waals surface area contributed by atoms with E-state index in [4.69, 9.17) is 0 Å². The van der Waals surface area contributed by atoms with Gasteiger partial charge >= 0.3 is 0 Å². The molecule has 7 heteroatoms. The third-order valence-electron chi connectivity index (χ3n) is 4.17. The molecule has 2 aromatic heterocycles. The molecule has 0 fully saturated rings. The first-order valence-electron chi connectivity index (χ1n) is 8.80. The molecule has 140 valence electrons. The Morgan fingerprint density at radius 2 is 1.86 bits per heavy atom. The minimum atomic E-state index is -0.122. The van der Waals surface area contributed by atoms with Crippen molar-refractivity contribution in [2.75, 3.05) is 5.32 Å². The molecule has 0 bridgehead atoms. The molecule has 0 radical (unpaired) electrons. The van der Waals surface area contributed by atoms with Gasteiger partial charge in [0.1, 0.15) is 5.82 Å². The number of para-hydroxylation sites is 1. The molecule has 0 aliphatic carbocycles. The highest BCUT2D eigenvalue weighted by molar-refractivity contribution is 9.10. The van der Waals surface area contributed by atoms with Crippen molar-refractivity contribution in [1.29, 1.82) is 0 Å². The van der Waals surface area contributed by atoms with Gasteiger partial charge in [0.05, 0.1) is 29.7 Å². The van der Waals surface area contributed by atoms with Crippen molar-refractivity contribution in [2.24, 2.45) is 0 Å². The molecule has 0 spiro atoms.